The van der Waals surface area contributed by atoms with Gasteiger partial charge >= 0.3 is 0 Å². The molecule has 0 aliphatic carbocycles. The number of ether oxygens (including phenoxy) is 1. The van der Waals surface area contributed by atoms with Crippen molar-refractivity contribution in [3.05, 3.63) is 59.5 Å². The van der Waals surface area contributed by atoms with E-state index in [9.17, 15) is 9.18 Å². The molecule has 2 aromatic rings. The number of pyridine rings is 1. The van der Waals surface area contributed by atoms with E-state index in [1.165, 1.54) is 12.1 Å². The topological polar surface area (TPSA) is 54.5 Å². The lowest BCUT2D eigenvalue weighted by atomic mass is 9.95. The molecular weight excluding hydrogens is 357 g/mol. The van der Waals surface area contributed by atoms with E-state index in [0.717, 1.165) is 43.6 Å². The van der Waals surface area contributed by atoms with Gasteiger partial charge in [-0.15, -0.1) is 0 Å². The number of likely N-dealkylation sites (tertiary alicyclic amines) is 1. The second-order valence-electron chi connectivity index (χ2n) is 7.12. The fourth-order valence-electron chi connectivity index (χ4n) is 3.57. The Morgan fingerprint density at radius 2 is 2.11 bits per heavy atom. The Morgan fingerprint density at radius 3 is 2.86 bits per heavy atom. The number of nitrogens with one attached hydrogen (secondary N) is 1. The number of carbonyl (C=O) groups is 1. The van der Waals surface area contributed by atoms with E-state index < -0.39 is 0 Å². The van der Waals surface area contributed by atoms with Gasteiger partial charge in [0.15, 0.2) is 0 Å². The van der Waals surface area contributed by atoms with Crippen LogP contribution in [0.1, 0.15) is 30.9 Å². The van der Waals surface area contributed by atoms with Crippen molar-refractivity contribution in [2.45, 2.75) is 32.7 Å². The van der Waals surface area contributed by atoms with Gasteiger partial charge in [-0.05, 0) is 63.0 Å². The molecule has 1 aromatic heterocycles. The van der Waals surface area contributed by atoms with Crippen molar-refractivity contribution < 1.29 is 13.9 Å². The molecule has 1 aromatic carbocycles. The molecule has 1 amide bonds. The van der Waals surface area contributed by atoms with Gasteiger partial charge in [-0.3, -0.25) is 9.69 Å². The maximum absolute atomic E-state index is 13.2. The molecule has 0 radical (unpaired) electrons. The molecular formula is C22H28FN3O2. The minimum atomic E-state index is -0.239. The van der Waals surface area contributed by atoms with E-state index in [1.54, 1.807) is 12.3 Å². The standard InChI is InChI=1S/C22H28FN3O2/c1-2-28-22-19(6-4-11-25-22)16-26-13-9-18(10-14-26)21(27)24-12-8-17-5-3-7-20(23)15-17/h3-7,11,15,18H,2,8-10,12-14,16H2,1H3,(H,24,27). The molecule has 0 spiro atoms. The Bertz CT molecular complexity index is 776. The molecule has 0 bridgehead atoms. The summed E-state index contributed by atoms with van der Waals surface area (Å²) in [5.74, 6) is 0.607. The van der Waals surface area contributed by atoms with Gasteiger partial charge in [-0.2, -0.15) is 0 Å². The Hall–Kier alpha value is -2.47. The largest absolute Gasteiger partial charge is 0.478 e. The number of hydrogen-bond donors (Lipinski definition) is 1. The molecule has 0 saturated carbocycles. The summed E-state index contributed by atoms with van der Waals surface area (Å²) in [6.45, 7) is 5.64. The smallest absolute Gasteiger partial charge is 0.223 e. The summed E-state index contributed by atoms with van der Waals surface area (Å²) in [5.41, 5.74) is 1.99. The predicted molar refractivity (Wildman–Crippen MR) is 107 cm³/mol. The van der Waals surface area contributed by atoms with Crippen molar-refractivity contribution in [1.29, 1.82) is 0 Å². The van der Waals surface area contributed by atoms with Crippen LogP contribution in [0.25, 0.3) is 0 Å². The predicted octanol–water partition coefficient (Wildman–Crippen LogP) is 3.19. The number of nitrogens with zero attached hydrogens (tertiary/aromatic N) is 2. The van der Waals surface area contributed by atoms with Crippen LogP contribution in [0.5, 0.6) is 5.88 Å². The van der Waals surface area contributed by atoms with Crippen LogP contribution in [0, 0.1) is 11.7 Å². The number of halogens is 1. The quantitative estimate of drug-likeness (QED) is 0.758. The average molecular weight is 385 g/mol. The summed E-state index contributed by atoms with van der Waals surface area (Å²) in [7, 11) is 0. The molecule has 2 heterocycles. The molecule has 1 fully saturated rings. The first-order valence-electron chi connectivity index (χ1n) is 9.97. The lowest BCUT2D eigenvalue weighted by Gasteiger charge is -2.31. The zero-order chi connectivity index (χ0) is 19.8. The third-order valence-corrected chi connectivity index (χ3v) is 5.09. The van der Waals surface area contributed by atoms with Crippen molar-refractivity contribution >= 4 is 5.91 Å². The third-order valence-electron chi connectivity index (χ3n) is 5.09. The van der Waals surface area contributed by atoms with Gasteiger partial charge in [-0.25, -0.2) is 9.37 Å². The molecule has 1 aliphatic rings. The average Bonchev–Trinajstić information content (AvgIpc) is 2.70. The summed E-state index contributed by atoms with van der Waals surface area (Å²) >= 11 is 0. The molecule has 1 aliphatic heterocycles. The summed E-state index contributed by atoms with van der Waals surface area (Å²) in [5, 5.41) is 3.00. The fraction of sp³-hybridized carbons (Fsp3) is 0.455. The van der Waals surface area contributed by atoms with E-state index in [-0.39, 0.29) is 17.6 Å². The minimum absolute atomic E-state index is 0.0454. The van der Waals surface area contributed by atoms with Crippen molar-refractivity contribution in [2.75, 3.05) is 26.2 Å². The van der Waals surface area contributed by atoms with E-state index in [4.69, 9.17) is 4.74 Å². The monoisotopic (exact) mass is 385 g/mol. The number of hydrogen-bond acceptors (Lipinski definition) is 4. The van der Waals surface area contributed by atoms with Crippen molar-refractivity contribution in [2.24, 2.45) is 5.92 Å². The maximum Gasteiger partial charge on any atom is 0.223 e. The molecule has 150 valence electrons. The number of piperidine rings is 1. The highest BCUT2D eigenvalue weighted by Crippen LogP contribution is 2.22. The molecule has 6 heteroatoms. The SMILES string of the molecule is CCOc1ncccc1CN1CCC(C(=O)NCCc2cccc(F)c2)CC1. The molecule has 28 heavy (non-hydrogen) atoms. The zero-order valence-electron chi connectivity index (χ0n) is 16.4. The molecule has 1 N–H and O–H groups in total. The molecule has 0 atom stereocenters. The molecule has 3 rings (SSSR count). The lowest BCUT2D eigenvalue weighted by Crippen LogP contribution is -2.40. The summed E-state index contributed by atoms with van der Waals surface area (Å²) < 4.78 is 18.8. The molecule has 1 saturated heterocycles. The summed E-state index contributed by atoms with van der Waals surface area (Å²) in [6.07, 6.45) is 4.07. The van der Waals surface area contributed by atoms with E-state index >= 15 is 0 Å². The van der Waals surface area contributed by atoms with E-state index in [1.807, 2.05) is 25.1 Å². The van der Waals surface area contributed by atoms with Gasteiger partial charge in [-0.1, -0.05) is 18.2 Å². The van der Waals surface area contributed by atoms with Gasteiger partial charge < -0.3 is 10.1 Å². The van der Waals surface area contributed by atoms with Crippen LogP contribution in [0.3, 0.4) is 0 Å². The van der Waals surface area contributed by atoms with Crippen LogP contribution in [-0.2, 0) is 17.8 Å². The van der Waals surface area contributed by atoms with E-state index in [0.29, 0.717) is 25.5 Å². The Kier molecular flexibility index (Phi) is 7.37. The number of benzene rings is 1. The van der Waals surface area contributed by atoms with Crippen molar-refractivity contribution in [3.63, 3.8) is 0 Å². The first-order valence-corrected chi connectivity index (χ1v) is 9.97. The van der Waals surface area contributed by atoms with Gasteiger partial charge in [0.1, 0.15) is 5.82 Å². The minimum Gasteiger partial charge on any atom is -0.478 e. The fourth-order valence-corrected chi connectivity index (χ4v) is 3.57. The van der Waals surface area contributed by atoms with Crippen LogP contribution in [0.15, 0.2) is 42.6 Å². The molecule has 5 nitrogen and oxygen atoms in total. The third kappa shape index (κ3) is 5.76. The normalized spacial score (nSPS) is 15.4. The second kappa shape index (κ2) is 10.2. The first kappa shape index (κ1) is 20.3. The Balaban J connectivity index is 1.41. The number of rotatable bonds is 8. The van der Waals surface area contributed by atoms with Gasteiger partial charge in [0.05, 0.1) is 6.61 Å². The highest BCUT2D eigenvalue weighted by Gasteiger charge is 2.25. The van der Waals surface area contributed by atoms with Crippen molar-refractivity contribution in [1.82, 2.24) is 15.2 Å². The van der Waals surface area contributed by atoms with Crippen LogP contribution in [0.4, 0.5) is 4.39 Å². The van der Waals surface area contributed by atoms with Crippen LogP contribution < -0.4 is 10.1 Å². The van der Waals surface area contributed by atoms with Crippen LogP contribution in [-0.4, -0.2) is 42.0 Å². The number of carbonyl (C=O) groups excluding carboxylic acids is 1. The molecule has 0 unspecified atom stereocenters. The van der Waals surface area contributed by atoms with Gasteiger partial charge in [0.25, 0.3) is 0 Å². The van der Waals surface area contributed by atoms with Crippen LogP contribution in [0.2, 0.25) is 0 Å². The first-order chi connectivity index (χ1) is 13.7. The van der Waals surface area contributed by atoms with E-state index in [2.05, 4.69) is 15.2 Å². The van der Waals surface area contributed by atoms with Crippen LogP contribution >= 0.6 is 0 Å². The Labute approximate surface area is 165 Å². The highest BCUT2D eigenvalue weighted by molar-refractivity contribution is 5.78. The Morgan fingerprint density at radius 1 is 1.29 bits per heavy atom. The second-order valence-corrected chi connectivity index (χ2v) is 7.12. The highest BCUT2D eigenvalue weighted by atomic mass is 19.1. The lowest BCUT2D eigenvalue weighted by molar-refractivity contribution is -0.126. The van der Waals surface area contributed by atoms with Crippen molar-refractivity contribution in [3.8, 4) is 5.88 Å². The number of amides is 1. The zero-order valence-corrected chi connectivity index (χ0v) is 16.4. The number of aromatic nitrogens is 1. The summed E-state index contributed by atoms with van der Waals surface area (Å²) in [4.78, 5) is 19.1. The van der Waals surface area contributed by atoms with Gasteiger partial charge in [0, 0.05) is 30.8 Å². The van der Waals surface area contributed by atoms with Gasteiger partial charge in [0.2, 0.25) is 11.8 Å². The summed E-state index contributed by atoms with van der Waals surface area (Å²) in [6, 6.07) is 10.5. The maximum atomic E-state index is 13.2.